The van der Waals surface area contributed by atoms with E-state index in [9.17, 15) is 9.59 Å². The van der Waals surface area contributed by atoms with Crippen LogP contribution < -0.4 is 4.74 Å². The molecule has 160 valence electrons. The Kier molecular flexibility index (Phi) is 7.41. The van der Waals surface area contributed by atoms with Gasteiger partial charge in [-0.25, -0.2) is 4.98 Å². The van der Waals surface area contributed by atoms with Gasteiger partial charge in [0, 0.05) is 49.5 Å². The number of hydrogen-bond donors (Lipinski definition) is 0. The summed E-state index contributed by atoms with van der Waals surface area (Å²) in [6.45, 7) is 2.93. The fraction of sp³-hybridized carbons (Fsp3) is 0.208. The zero-order valence-corrected chi connectivity index (χ0v) is 19.3. The van der Waals surface area contributed by atoms with Gasteiger partial charge in [-0.05, 0) is 55.0 Å². The average Bonchev–Trinajstić information content (AvgIpc) is 2.79. The summed E-state index contributed by atoms with van der Waals surface area (Å²) >= 11 is 3.39. The second-order valence-electron chi connectivity index (χ2n) is 7.16. The first-order valence-electron chi connectivity index (χ1n) is 9.86. The number of nitrogens with zero attached hydrogens (tertiary/aromatic N) is 3. The van der Waals surface area contributed by atoms with Crippen molar-refractivity contribution in [3.8, 4) is 11.6 Å². The van der Waals surface area contributed by atoms with Gasteiger partial charge in [0.05, 0.1) is 5.56 Å². The molecule has 0 bridgehead atoms. The summed E-state index contributed by atoms with van der Waals surface area (Å²) in [5.74, 6) is 0.925. The number of halogens is 1. The summed E-state index contributed by atoms with van der Waals surface area (Å²) in [4.78, 5) is 32.5. The third-order valence-corrected chi connectivity index (χ3v) is 5.20. The lowest BCUT2D eigenvalue weighted by Gasteiger charge is -2.21. The van der Waals surface area contributed by atoms with E-state index in [0.717, 1.165) is 10.0 Å². The Labute approximate surface area is 190 Å². The molecule has 0 spiro atoms. The first-order valence-corrected chi connectivity index (χ1v) is 10.7. The quantitative estimate of drug-likeness (QED) is 0.476. The van der Waals surface area contributed by atoms with Crippen molar-refractivity contribution in [3.05, 3.63) is 88.0 Å². The van der Waals surface area contributed by atoms with Crippen LogP contribution in [-0.4, -0.2) is 47.2 Å². The van der Waals surface area contributed by atoms with Crippen molar-refractivity contribution in [2.45, 2.75) is 13.5 Å². The predicted octanol–water partition coefficient (Wildman–Crippen LogP) is 5.00. The molecule has 0 aliphatic carbocycles. The van der Waals surface area contributed by atoms with Crippen LogP contribution in [0.5, 0.6) is 11.6 Å². The summed E-state index contributed by atoms with van der Waals surface area (Å²) in [5, 5.41) is 0. The van der Waals surface area contributed by atoms with Crippen LogP contribution in [0, 0.1) is 0 Å². The number of carbonyl (C=O) groups is 2. The van der Waals surface area contributed by atoms with Crippen molar-refractivity contribution >= 4 is 27.7 Å². The molecule has 1 heterocycles. The Morgan fingerprint density at radius 1 is 0.903 bits per heavy atom. The molecule has 3 aromatic rings. The topological polar surface area (TPSA) is 62.7 Å². The molecule has 0 aliphatic rings. The van der Waals surface area contributed by atoms with Gasteiger partial charge in [-0.2, -0.15) is 0 Å². The molecule has 7 heteroatoms. The number of hydrogen-bond acceptors (Lipinski definition) is 4. The van der Waals surface area contributed by atoms with Crippen molar-refractivity contribution in [3.63, 3.8) is 0 Å². The number of rotatable bonds is 7. The Bertz CT molecular complexity index is 1030. The minimum atomic E-state index is -0.112. The molecule has 0 aliphatic heterocycles. The van der Waals surface area contributed by atoms with Gasteiger partial charge in [0.2, 0.25) is 5.88 Å². The smallest absolute Gasteiger partial charge is 0.255 e. The molecule has 31 heavy (non-hydrogen) atoms. The van der Waals surface area contributed by atoms with Gasteiger partial charge in [0.25, 0.3) is 11.8 Å². The maximum Gasteiger partial charge on any atom is 0.255 e. The number of ether oxygens (including phenoxy) is 1. The largest absolute Gasteiger partial charge is 0.439 e. The van der Waals surface area contributed by atoms with Gasteiger partial charge in [-0.3, -0.25) is 9.59 Å². The summed E-state index contributed by atoms with van der Waals surface area (Å²) in [7, 11) is 3.44. The van der Waals surface area contributed by atoms with E-state index in [-0.39, 0.29) is 11.8 Å². The molecule has 0 saturated heterocycles. The van der Waals surface area contributed by atoms with E-state index in [1.54, 1.807) is 43.3 Å². The first kappa shape index (κ1) is 22.5. The lowest BCUT2D eigenvalue weighted by atomic mass is 10.1. The minimum Gasteiger partial charge on any atom is -0.439 e. The SMILES string of the molecule is CCN(Cc1ccc(C(=O)N(C)C)cc1)C(=O)c1ccc(Oc2ccc(Br)cc2)nc1. The van der Waals surface area contributed by atoms with E-state index in [0.29, 0.717) is 35.8 Å². The van der Waals surface area contributed by atoms with Crippen LogP contribution in [0.25, 0.3) is 0 Å². The second-order valence-corrected chi connectivity index (χ2v) is 8.07. The fourth-order valence-electron chi connectivity index (χ4n) is 2.93. The lowest BCUT2D eigenvalue weighted by molar-refractivity contribution is 0.0751. The summed E-state index contributed by atoms with van der Waals surface area (Å²) in [6.07, 6.45) is 1.53. The van der Waals surface area contributed by atoms with Gasteiger partial charge >= 0.3 is 0 Å². The number of amides is 2. The van der Waals surface area contributed by atoms with Crippen molar-refractivity contribution in [2.75, 3.05) is 20.6 Å². The van der Waals surface area contributed by atoms with Crippen LogP contribution in [0.15, 0.2) is 71.3 Å². The minimum absolute atomic E-state index is 0.0495. The van der Waals surface area contributed by atoms with Gasteiger partial charge in [0.1, 0.15) is 5.75 Å². The zero-order chi connectivity index (χ0) is 22.4. The highest BCUT2D eigenvalue weighted by Gasteiger charge is 2.16. The molecule has 0 N–H and O–H groups in total. The summed E-state index contributed by atoms with van der Waals surface area (Å²) in [6, 6.07) is 18.2. The maximum atomic E-state index is 12.9. The Hall–Kier alpha value is -3.19. The van der Waals surface area contributed by atoms with Crippen molar-refractivity contribution < 1.29 is 14.3 Å². The molecule has 0 fully saturated rings. The zero-order valence-electron chi connectivity index (χ0n) is 17.7. The van der Waals surface area contributed by atoms with Crippen LogP contribution in [0.2, 0.25) is 0 Å². The molecule has 0 saturated carbocycles. The molecule has 2 amide bonds. The third kappa shape index (κ3) is 5.92. The molecule has 1 aromatic heterocycles. The highest BCUT2D eigenvalue weighted by molar-refractivity contribution is 9.10. The van der Waals surface area contributed by atoms with E-state index in [2.05, 4.69) is 20.9 Å². The van der Waals surface area contributed by atoms with E-state index < -0.39 is 0 Å². The number of pyridine rings is 1. The van der Waals surface area contributed by atoms with E-state index in [1.165, 1.54) is 11.1 Å². The summed E-state index contributed by atoms with van der Waals surface area (Å²) < 4.78 is 6.68. The van der Waals surface area contributed by atoms with Crippen molar-refractivity contribution in [1.29, 1.82) is 0 Å². The molecule has 0 radical (unpaired) electrons. The normalized spacial score (nSPS) is 10.5. The fourth-order valence-corrected chi connectivity index (χ4v) is 3.20. The Morgan fingerprint density at radius 3 is 2.10 bits per heavy atom. The third-order valence-electron chi connectivity index (χ3n) is 4.67. The van der Waals surface area contributed by atoms with E-state index in [1.807, 2.05) is 43.3 Å². The standard InChI is InChI=1S/C24H24BrN3O3/c1-4-28(16-17-5-7-18(8-6-17)23(29)27(2)3)24(30)19-9-14-22(26-15-19)31-21-12-10-20(25)11-13-21/h5-15H,4,16H2,1-3H3. The number of benzene rings is 2. The number of aromatic nitrogens is 1. The monoisotopic (exact) mass is 481 g/mol. The van der Waals surface area contributed by atoms with Crippen LogP contribution in [0.4, 0.5) is 0 Å². The maximum absolute atomic E-state index is 12.9. The Balaban J connectivity index is 1.65. The van der Waals surface area contributed by atoms with Gasteiger partial charge < -0.3 is 14.5 Å². The molecule has 0 atom stereocenters. The van der Waals surface area contributed by atoms with E-state index in [4.69, 9.17) is 4.74 Å². The molecule has 3 rings (SSSR count). The molecule has 2 aromatic carbocycles. The number of carbonyl (C=O) groups excluding carboxylic acids is 2. The molecule has 0 unspecified atom stereocenters. The van der Waals surface area contributed by atoms with Crippen molar-refractivity contribution in [1.82, 2.24) is 14.8 Å². The molecular formula is C24H24BrN3O3. The van der Waals surface area contributed by atoms with Crippen LogP contribution in [-0.2, 0) is 6.54 Å². The van der Waals surface area contributed by atoms with Crippen LogP contribution in [0.3, 0.4) is 0 Å². The highest BCUT2D eigenvalue weighted by Crippen LogP contribution is 2.22. The average molecular weight is 482 g/mol. The van der Waals surface area contributed by atoms with Crippen LogP contribution in [0.1, 0.15) is 33.2 Å². The second kappa shape index (κ2) is 10.2. The van der Waals surface area contributed by atoms with E-state index >= 15 is 0 Å². The predicted molar refractivity (Wildman–Crippen MR) is 123 cm³/mol. The van der Waals surface area contributed by atoms with Gasteiger partial charge in [-0.15, -0.1) is 0 Å². The van der Waals surface area contributed by atoms with Gasteiger partial charge in [-0.1, -0.05) is 28.1 Å². The van der Waals surface area contributed by atoms with Crippen LogP contribution >= 0.6 is 15.9 Å². The highest BCUT2D eigenvalue weighted by atomic mass is 79.9. The summed E-state index contributed by atoms with van der Waals surface area (Å²) in [5.41, 5.74) is 2.06. The van der Waals surface area contributed by atoms with Crippen molar-refractivity contribution in [2.24, 2.45) is 0 Å². The molecule has 6 nitrogen and oxygen atoms in total. The Morgan fingerprint density at radius 2 is 1.55 bits per heavy atom. The molecular weight excluding hydrogens is 458 g/mol. The van der Waals surface area contributed by atoms with Gasteiger partial charge in [0.15, 0.2) is 0 Å². The lowest BCUT2D eigenvalue weighted by Crippen LogP contribution is -2.30. The first-order chi connectivity index (χ1) is 14.9.